The van der Waals surface area contributed by atoms with Gasteiger partial charge in [0.15, 0.2) is 5.13 Å². The van der Waals surface area contributed by atoms with Crippen LogP contribution < -0.4 is 5.32 Å². The summed E-state index contributed by atoms with van der Waals surface area (Å²) < 4.78 is 0. The minimum Gasteiger partial charge on any atom is -0.335 e. The number of carbonyl (C=O) groups is 2. The Morgan fingerprint density at radius 3 is 2.58 bits per heavy atom. The van der Waals surface area contributed by atoms with Gasteiger partial charge in [0.2, 0.25) is 0 Å². The minimum atomic E-state index is -0.353. The second-order valence-electron chi connectivity index (χ2n) is 5.85. The fraction of sp³-hybridized carbons (Fsp3) is 0.353. The Morgan fingerprint density at radius 1 is 1.19 bits per heavy atom. The van der Waals surface area contributed by atoms with Crippen molar-refractivity contribution >= 4 is 51.5 Å². The van der Waals surface area contributed by atoms with E-state index < -0.39 is 0 Å². The van der Waals surface area contributed by atoms with Gasteiger partial charge in [-0.2, -0.15) is 0 Å². The lowest BCUT2D eigenvalue weighted by Crippen LogP contribution is -2.48. The van der Waals surface area contributed by atoms with Crippen molar-refractivity contribution in [3.63, 3.8) is 0 Å². The van der Waals surface area contributed by atoms with E-state index in [-0.39, 0.29) is 11.8 Å². The van der Waals surface area contributed by atoms with Gasteiger partial charge >= 0.3 is 0 Å². The van der Waals surface area contributed by atoms with Gasteiger partial charge in [-0.25, -0.2) is 4.98 Å². The van der Waals surface area contributed by atoms with Crippen LogP contribution >= 0.6 is 34.5 Å². The summed E-state index contributed by atoms with van der Waals surface area (Å²) >= 11 is 13.0. The van der Waals surface area contributed by atoms with E-state index >= 15 is 0 Å². The van der Waals surface area contributed by atoms with Crippen molar-refractivity contribution < 1.29 is 9.59 Å². The number of anilines is 1. The smallest absolute Gasteiger partial charge is 0.273 e. The number of nitrogens with one attached hydrogen (secondary N) is 1. The lowest BCUT2D eigenvalue weighted by Gasteiger charge is -2.33. The number of nitrogens with zero attached hydrogens (tertiary/aromatic N) is 3. The van der Waals surface area contributed by atoms with Crippen LogP contribution in [0.1, 0.15) is 27.8 Å². The highest BCUT2D eigenvalue weighted by molar-refractivity contribution is 7.14. The third kappa shape index (κ3) is 4.35. The molecule has 0 aliphatic carbocycles. The number of halogens is 2. The van der Waals surface area contributed by atoms with E-state index in [1.807, 2.05) is 0 Å². The number of likely N-dealkylation sites (N-methyl/N-ethyl adjacent to an activating group) is 1. The molecule has 3 rings (SSSR count). The maximum Gasteiger partial charge on any atom is 0.273 e. The largest absolute Gasteiger partial charge is 0.335 e. The summed E-state index contributed by atoms with van der Waals surface area (Å²) in [5.74, 6) is -0.458. The van der Waals surface area contributed by atoms with Gasteiger partial charge in [-0.05, 0) is 24.7 Å². The SMILES string of the molecule is CCN1CCN(C(=O)c2csc(NC(=O)c3ccc(Cl)c(Cl)c3)n2)CC1. The first-order chi connectivity index (χ1) is 12.5. The quantitative estimate of drug-likeness (QED) is 0.834. The van der Waals surface area contributed by atoms with Gasteiger partial charge in [0.25, 0.3) is 11.8 Å². The summed E-state index contributed by atoms with van der Waals surface area (Å²) in [5.41, 5.74) is 0.725. The fourth-order valence-corrected chi connectivity index (χ4v) is 3.64. The lowest BCUT2D eigenvalue weighted by atomic mass is 10.2. The number of benzene rings is 1. The molecule has 26 heavy (non-hydrogen) atoms. The average Bonchev–Trinajstić information content (AvgIpc) is 3.11. The molecule has 0 unspecified atom stereocenters. The Labute approximate surface area is 165 Å². The highest BCUT2D eigenvalue weighted by Crippen LogP contribution is 2.24. The molecule has 0 bridgehead atoms. The number of thiazole rings is 1. The molecule has 2 heterocycles. The molecule has 6 nitrogen and oxygen atoms in total. The first-order valence-corrected chi connectivity index (χ1v) is 9.85. The summed E-state index contributed by atoms with van der Waals surface area (Å²) in [4.78, 5) is 33.2. The van der Waals surface area contributed by atoms with Crippen LogP contribution in [0.5, 0.6) is 0 Å². The van der Waals surface area contributed by atoms with E-state index in [9.17, 15) is 9.59 Å². The summed E-state index contributed by atoms with van der Waals surface area (Å²) in [7, 11) is 0. The zero-order chi connectivity index (χ0) is 18.7. The second kappa shape index (κ2) is 8.35. The molecule has 2 amide bonds. The highest BCUT2D eigenvalue weighted by atomic mass is 35.5. The number of rotatable bonds is 4. The Balaban J connectivity index is 1.63. The van der Waals surface area contributed by atoms with Crippen LogP contribution in [0.3, 0.4) is 0 Å². The van der Waals surface area contributed by atoms with Crippen LogP contribution in [0.25, 0.3) is 0 Å². The molecular weight excluding hydrogens is 395 g/mol. The van der Waals surface area contributed by atoms with Crippen LogP contribution in [-0.4, -0.2) is 59.3 Å². The monoisotopic (exact) mass is 412 g/mol. The second-order valence-corrected chi connectivity index (χ2v) is 7.52. The fourth-order valence-electron chi connectivity index (χ4n) is 2.67. The molecule has 1 saturated heterocycles. The third-order valence-corrected chi connectivity index (χ3v) is 5.73. The Morgan fingerprint density at radius 2 is 1.92 bits per heavy atom. The molecule has 9 heteroatoms. The minimum absolute atomic E-state index is 0.105. The van der Waals surface area contributed by atoms with E-state index in [1.54, 1.807) is 22.4 Å². The van der Waals surface area contributed by atoms with Crippen molar-refractivity contribution in [2.24, 2.45) is 0 Å². The van der Waals surface area contributed by atoms with Crippen LogP contribution in [-0.2, 0) is 0 Å². The number of amides is 2. The Kier molecular flexibility index (Phi) is 6.13. The molecule has 1 aromatic heterocycles. The Hall–Kier alpha value is -1.67. The summed E-state index contributed by atoms with van der Waals surface area (Å²) in [6.45, 7) is 6.22. The zero-order valence-electron chi connectivity index (χ0n) is 14.2. The van der Waals surface area contributed by atoms with E-state index in [0.717, 1.165) is 19.6 Å². The summed E-state index contributed by atoms with van der Waals surface area (Å²) in [6, 6.07) is 4.63. The molecule has 1 aliphatic heterocycles. The van der Waals surface area contributed by atoms with E-state index in [1.165, 1.54) is 17.4 Å². The molecule has 1 N–H and O–H groups in total. The maximum absolute atomic E-state index is 12.6. The number of aromatic nitrogens is 1. The first-order valence-electron chi connectivity index (χ1n) is 8.21. The van der Waals surface area contributed by atoms with Gasteiger partial charge in [-0.3, -0.25) is 14.9 Å². The number of hydrogen-bond acceptors (Lipinski definition) is 5. The average molecular weight is 413 g/mol. The van der Waals surface area contributed by atoms with Gasteiger partial charge in [0, 0.05) is 37.1 Å². The van der Waals surface area contributed by atoms with Crippen molar-refractivity contribution in [3.8, 4) is 0 Å². The normalized spacial score (nSPS) is 15.1. The molecule has 0 spiro atoms. The van der Waals surface area contributed by atoms with E-state index in [0.29, 0.717) is 39.5 Å². The maximum atomic E-state index is 12.6. The molecule has 138 valence electrons. The van der Waals surface area contributed by atoms with Crippen LogP contribution in [0.4, 0.5) is 5.13 Å². The van der Waals surface area contributed by atoms with Crippen molar-refractivity contribution in [1.82, 2.24) is 14.8 Å². The van der Waals surface area contributed by atoms with E-state index in [2.05, 4.69) is 22.1 Å². The summed E-state index contributed by atoms with van der Waals surface area (Å²) in [6.07, 6.45) is 0. The van der Waals surface area contributed by atoms with Gasteiger partial charge in [0.1, 0.15) is 5.69 Å². The van der Waals surface area contributed by atoms with Crippen molar-refractivity contribution in [3.05, 3.63) is 44.9 Å². The van der Waals surface area contributed by atoms with Gasteiger partial charge in [-0.1, -0.05) is 30.1 Å². The molecule has 1 fully saturated rings. The van der Waals surface area contributed by atoms with Gasteiger partial charge < -0.3 is 9.80 Å². The number of hydrogen-bond donors (Lipinski definition) is 1. The Bertz CT molecular complexity index is 819. The standard InChI is InChI=1S/C17H18Cl2N4O2S/c1-2-22-5-7-23(8-6-22)16(25)14-10-26-17(20-14)21-15(24)11-3-4-12(18)13(19)9-11/h3-4,9-10H,2,5-8H2,1H3,(H,20,21,24). The van der Waals surface area contributed by atoms with Crippen LogP contribution in [0.2, 0.25) is 10.0 Å². The summed E-state index contributed by atoms with van der Waals surface area (Å²) in [5, 5.41) is 5.41. The molecule has 1 aromatic carbocycles. The van der Waals surface area contributed by atoms with Crippen molar-refractivity contribution in [2.75, 3.05) is 38.0 Å². The highest BCUT2D eigenvalue weighted by Gasteiger charge is 2.23. The van der Waals surface area contributed by atoms with Crippen LogP contribution in [0.15, 0.2) is 23.6 Å². The van der Waals surface area contributed by atoms with E-state index in [4.69, 9.17) is 23.2 Å². The lowest BCUT2D eigenvalue weighted by molar-refractivity contribution is 0.0638. The predicted octanol–water partition coefficient (Wildman–Crippen LogP) is 3.48. The zero-order valence-corrected chi connectivity index (χ0v) is 16.5. The molecule has 2 aromatic rings. The molecule has 0 atom stereocenters. The predicted molar refractivity (Wildman–Crippen MR) is 105 cm³/mol. The van der Waals surface area contributed by atoms with Crippen LogP contribution in [0, 0.1) is 0 Å². The molecule has 0 saturated carbocycles. The molecular formula is C17H18Cl2N4O2S. The first kappa shape index (κ1) is 19.1. The van der Waals surface area contributed by atoms with Crippen molar-refractivity contribution in [1.29, 1.82) is 0 Å². The van der Waals surface area contributed by atoms with Gasteiger partial charge in [-0.15, -0.1) is 11.3 Å². The number of piperazine rings is 1. The number of carbonyl (C=O) groups excluding carboxylic acids is 2. The van der Waals surface area contributed by atoms with Crippen molar-refractivity contribution in [2.45, 2.75) is 6.92 Å². The topological polar surface area (TPSA) is 65.5 Å². The van der Waals surface area contributed by atoms with Gasteiger partial charge in [0.05, 0.1) is 10.0 Å². The molecule has 0 radical (unpaired) electrons. The molecule has 1 aliphatic rings. The third-order valence-electron chi connectivity index (χ3n) is 4.23.